The predicted octanol–water partition coefficient (Wildman–Crippen LogP) is 3.38. The molecule has 3 heterocycles. The number of hydrogen-bond donors (Lipinski definition) is 0. The highest BCUT2D eigenvalue weighted by Crippen LogP contribution is 2.27. The maximum Gasteiger partial charge on any atom is 0.330 e. The second kappa shape index (κ2) is 7.30. The summed E-state index contributed by atoms with van der Waals surface area (Å²) in [5, 5.41) is 8.20. The second-order valence-electron chi connectivity index (χ2n) is 6.82. The third kappa shape index (κ3) is 3.17. The van der Waals surface area contributed by atoms with Gasteiger partial charge in [-0.3, -0.25) is 9.80 Å². The summed E-state index contributed by atoms with van der Waals surface area (Å²) in [5.41, 5.74) is 1.53. The summed E-state index contributed by atoms with van der Waals surface area (Å²) in [7, 11) is 1.62. The van der Waals surface area contributed by atoms with E-state index >= 15 is 0 Å². The van der Waals surface area contributed by atoms with Gasteiger partial charge in [0, 0.05) is 24.8 Å². The van der Waals surface area contributed by atoms with Crippen molar-refractivity contribution in [3.8, 4) is 17.3 Å². The van der Waals surface area contributed by atoms with Gasteiger partial charge in [-0.05, 0) is 50.2 Å². The third-order valence-electron chi connectivity index (χ3n) is 4.76. The molecule has 1 aliphatic heterocycles. The van der Waals surface area contributed by atoms with Crippen molar-refractivity contribution in [2.75, 3.05) is 30.0 Å². The lowest BCUT2D eigenvalue weighted by Gasteiger charge is -2.19. The molecule has 1 fully saturated rings. The first-order chi connectivity index (χ1) is 13.6. The number of urea groups is 1. The van der Waals surface area contributed by atoms with Crippen molar-refractivity contribution >= 4 is 17.5 Å². The SMILES string of the molecule is COc1ccc(N2CCN(c3cccc(-c4nncn4C(C)C)n3)C2=O)cc1. The van der Waals surface area contributed by atoms with E-state index in [0.29, 0.717) is 30.4 Å². The van der Waals surface area contributed by atoms with Crippen molar-refractivity contribution < 1.29 is 9.53 Å². The largest absolute Gasteiger partial charge is 0.497 e. The Balaban J connectivity index is 1.60. The number of amides is 2. The van der Waals surface area contributed by atoms with Crippen LogP contribution in [-0.4, -0.2) is 46.0 Å². The van der Waals surface area contributed by atoms with Crippen molar-refractivity contribution in [1.82, 2.24) is 19.7 Å². The monoisotopic (exact) mass is 378 g/mol. The fourth-order valence-corrected chi connectivity index (χ4v) is 3.25. The molecule has 0 aliphatic carbocycles. The highest BCUT2D eigenvalue weighted by atomic mass is 16.5. The second-order valence-corrected chi connectivity index (χ2v) is 6.82. The molecule has 28 heavy (non-hydrogen) atoms. The van der Waals surface area contributed by atoms with Crippen LogP contribution in [0.2, 0.25) is 0 Å². The summed E-state index contributed by atoms with van der Waals surface area (Å²) in [6, 6.07) is 13.2. The number of hydrogen-bond acceptors (Lipinski definition) is 5. The molecule has 8 heteroatoms. The first kappa shape index (κ1) is 18.0. The number of carbonyl (C=O) groups is 1. The molecule has 8 nitrogen and oxygen atoms in total. The number of benzene rings is 1. The van der Waals surface area contributed by atoms with Crippen LogP contribution in [0.1, 0.15) is 19.9 Å². The number of ether oxygens (including phenoxy) is 1. The summed E-state index contributed by atoms with van der Waals surface area (Å²) in [4.78, 5) is 21.1. The van der Waals surface area contributed by atoms with Crippen LogP contribution < -0.4 is 14.5 Å². The van der Waals surface area contributed by atoms with Gasteiger partial charge in [-0.15, -0.1) is 10.2 Å². The van der Waals surface area contributed by atoms with Gasteiger partial charge in [-0.1, -0.05) is 6.07 Å². The van der Waals surface area contributed by atoms with Crippen molar-refractivity contribution in [2.45, 2.75) is 19.9 Å². The summed E-state index contributed by atoms with van der Waals surface area (Å²) in [5.74, 6) is 2.06. The van der Waals surface area contributed by atoms with Crippen LogP contribution in [-0.2, 0) is 0 Å². The van der Waals surface area contributed by atoms with Gasteiger partial charge in [0.15, 0.2) is 5.82 Å². The number of carbonyl (C=O) groups excluding carboxylic acids is 1. The molecule has 0 N–H and O–H groups in total. The van der Waals surface area contributed by atoms with Gasteiger partial charge in [0.2, 0.25) is 0 Å². The van der Waals surface area contributed by atoms with E-state index in [4.69, 9.17) is 4.74 Å². The van der Waals surface area contributed by atoms with Crippen LogP contribution in [0.5, 0.6) is 5.75 Å². The van der Waals surface area contributed by atoms with Crippen molar-refractivity contribution in [3.63, 3.8) is 0 Å². The lowest BCUT2D eigenvalue weighted by atomic mass is 10.3. The summed E-state index contributed by atoms with van der Waals surface area (Å²) in [6.45, 7) is 5.29. The Hall–Kier alpha value is -3.42. The van der Waals surface area contributed by atoms with Crippen molar-refractivity contribution in [3.05, 3.63) is 48.8 Å². The molecule has 1 saturated heterocycles. The van der Waals surface area contributed by atoms with Gasteiger partial charge in [0.05, 0.1) is 7.11 Å². The highest BCUT2D eigenvalue weighted by Gasteiger charge is 2.31. The number of aromatic nitrogens is 4. The van der Waals surface area contributed by atoms with Crippen LogP contribution in [0.4, 0.5) is 16.3 Å². The van der Waals surface area contributed by atoms with Crippen LogP contribution >= 0.6 is 0 Å². The number of rotatable bonds is 5. The van der Waals surface area contributed by atoms with Crippen molar-refractivity contribution in [2.24, 2.45) is 0 Å². The van der Waals surface area contributed by atoms with E-state index in [9.17, 15) is 4.79 Å². The van der Waals surface area contributed by atoms with Gasteiger partial charge in [-0.25, -0.2) is 9.78 Å². The Kier molecular flexibility index (Phi) is 4.68. The Bertz CT molecular complexity index is 982. The lowest BCUT2D eigenvalue weighted by molar-refractivity contribution is 0.255. The molecular formula is C20H22N6O2. The van der Waals surface area contributed by atoms with Crippen LogP contribution in [0.15, 0.2) is 48.8 Å². The summed E-state index contributed by atoms with van der Waals surface area (Å²) >= 11 is 0. The van der Waals surface area contributed by atoms with E-state index in [1.54, 1.807) is 23.2 Å². The van der Waals surface area contributed by atoms with Gasteiger partial charge in [-0.2, -0.15) is 0 Å². The fraction of sp³-hybridized carbons (Fsp3) is 0.300. The lowest BCUT2D eigenvalue weighted by Crippen LogP contribution is -2.32. The molecule has 0 unspecified atom stereocenters. The Morgan fingerprint density at radius 2 is 1.79 bits per heavy atom. The third-order valence-corrected chi connectivity index (χ3v) is 4.76. The van der Waals surface area contributed by atoms with E-state index < -0.39 is 0 Å². The van der Waals surface area contributed by atoms with E-state index in [0.717, 1.165) is 11.4 Å². The number of methoxy groups -OCH3 is 1. The van der Waals surface area contributed by atoms with Crippen LogP contribution in [0.3, 0.4) is 0 Å². The summed E-state index contributed by atoms with van der Waals surface area (Å²) < 4.78 is 7.15. The van der Waals surface area contributed by atoms with Gasteiger partial charge < -0.3 is 9.30 Å². The Labute approximate surface area is 163 Å². The smallest absolute Gasteiger partial charge is 0.330 e. The molecular weight excluding hydrogens is 356 g/mol. The first-order valence-electron chi connectivity index (χ1n) is 9.18. The maximum absolute atomic E-state index is 13.0. The van der Waals surface area contributed by atoms with E-state index in [1.807, 2.05) is 47.0 Å². The molecule has 1 aromatic carbocycles. The van der Waals surface area contributed by atoms with Crippen LogP contribution in [0, 0.1) is 0 Å². The Morgan fingerprint density at radius 1 is 1.04 bits per heavy atom. The summed E-state index contributed by atoms with van der Waals surface area (Å²) in [6.07, 6.45) is 1.70. The first-order valence-corrected chi connectivity index (χ1v) is 9.18. The zero-order valence-electron chi connectivity index (χ0n) is 16.1. The van der Waals surface area contributed by atoms with E-state index in [2.05, 4.69) is 29.0 Å². The molecule has 0 bridgehead atoms. The normalized spacial score (nSPS) is 14.2. The zero-order chi connectivity index (χ0) is 19.7. The molecule has 0 spiro atoms. The number of anilines is 2. The minimum Gasteiger partial charge on any atom is -0.497 e. The van der Waals surface area contributed by atoms with E-state index in [-0.39, 0.29) is 12.1 Å². The molecule has 4 rings (SSSR count). The molecule has 0 saturated carbocycles. The van der Waals surface area contributed by atoms with Crippen molar-refractivity contribution in [1.29, 1.82) is 0 Å². The minimum atomic E-state index is -0.0971. The average molecular weight is 378 g/mol. The molecule has 2 amide bonds. The zero-order valence-corrected chi connectivity index (χ0v) is 16.1. The minimum absolute atomic E-state index is 0.0971. The number of pyridine rings is 1. The molecule has 144 valence electrons. The maximum atomic E-state index is 13.0. The predicted molar refractivity (Wildman–Crippen MR) is 107 cm³/mol. The van der Waals surface area contributed by atoms with E-state index in [1.165, 1.54) is 0 Å². The topological polar surface area (TPSA) is 76.4 Å². The van der Waals surface area contributed by atoms with Gasteiger partial charge in [0.25, 0.3) is 0 Å². The van der Waals surface area contributed by atoms with Crippen LogP contribution in [0.25, 0.3) is 11.5 Å². The molecule has 0 radical (unpaired) electrons. The van der Waals surface area contributed by atoms with Gasteiger partial charge in [0.1, 0.15) is 23.6 Å². The molecule has 2 aromatic heterocycles. The van der Waals surface area contributed by atoms with Gasteiger partial charge >= 0.3 is 6.03 Å². The quantitative estimate of drug-likeness (QED) is 0.680. The fourth-order valence-electron chi connectivity index (χ4n) is 3.25. The highest BCUT2D eigenvalue weighted by molar-refractivity contribution is 6.05. The molecule has 3 aromatic rings. The average Bonchev–Trinajstić information content (AvgIpc) is 3.35. The number of nitrogens with zero attached hydrogens (tertiary/aromatic N) is 6. The Morgan fingerprint density at radius 3 is 2.50 bits per heavy atom. The molecule has 1 aliphatic rings. The molecule has 0 atom stereocenters. The standard InChI is InChI=1S/C20H22N6O2/c1-14(2)26-13-21-23-19(26)17-5-4-6-18(22-17)25-12-11-24(20(25)27)15-7-9-16(28-3)10-8-15/h4-10,13-14H,11-12H2,1-3H3.